The fourth-order valence-electron chi connectivity index (χ4n) is 3.13. The lowest BCUT2D eigenvalue weighted by Crippen LogP contribution is -2.15. The molecular formula is C23H21ClN6O3S. The van der Waals surface area contributed by atoms with E-state index >= 15 is 0 Å². The van der Waals surface area contributed by atoms with E-state index in [1.807, 2.05) is 19.1 Å². The minimum atomic E-state index is -0.416. The molecule has 34 heavy (non-hydrogen) atoms. The van der Waals surface area contributed by atoms with Gasteiger partial charge in [0.25, 0.3) is 5.91 Å². The molecule has 0 aliphatic carbocycles. The summed E-state index contributed by atoms with van der Waals surface area (Å²) in [5, 5.41) is 12.4. The van der Waals surface area contributed by atoms with Crippen molar-refractivity contribution in [2.75, 3.05) is 19.5 Å². The van der Waals surface area contributed by atoms with Gasteiger partial charge in [0, 0.05) is 34.9 Å². The lowest BCUT2D eigenvalue weighted by atomic mass is 10.2. The first kappa shape index (κ1) is 23.5. The van der Waals surface area contributed by atoms with Gasteiger partial charge in [0.15, 0.2) is 22.3 Å². The highest BCUT2D eigenvalue weighted by Gasteiger charge is 2.22. The Labute approximate surface area is 205 Å². The van der Waals surface area contributed by atoms with Gasteiger partial charge in [0.05, 0.1) is 25.6 Å². The van der Waals surface area contributed by atoms with Gasteiger partial charge in [-0.05, 0) is 42.8 Å². The van der Waals surface area contributed by atoms with E-state index in [4.69, 9.17) is 21.1 Å². The highest BCUT2D eigenvalue weighted by Crippen LogP contribution is 2.30. The highest BCUT2D eigenvalue weighted by molar-refractivity contribution is 7.98. The number of carbonyl (C=O) groups is 1. The maximum absolute atomic E-state index is 13.2. The average Bonchev–Trinajstić information content (AvgIpc) is 3.29. The van der Waals surface area contributed by atoms with E-state index in [1.165, 1.54) is 18.9 Å². The van der Waals surface area contributed by atoms with Crippen LogP contribution < -0.4 is 14.8 Å². The zero-order valence-corrected chi connectivity index (χ0v) is 20.2. The van der Waals surface area contributed by atoms with Crippen LogP contribution in [0.2, 0.25) is 5.02 Å². The molecule has 0 atom stereocenters. The minimum absolute atomic E-state index is 0.176. The summed E-state index contributed by atoms with van der Waals surface area (Å²) in [5.41, 5.74) is 2.91. The van der Waals surface area contributed by atoms with Crippen LogP contribution in [0.1, 0.15) is 21.7 Å². The monoisotopic (exact) mass is 496 g/mol. The molecule has 0 aliphatic heterocycles. The highest BCUT2D eigenvalue weighted by atomic mass is 35.5. The average molecular weight is 497 g/mol. The Morgan fingerprint density at radius 1 is 1.09 bits per heavy atom. The maximum Gasteiger partial charge on any atom is 0.278 e. The number of methoxy groups -OCH3 is 2. The van der Waals surface area contributed by atoms with Crippen molar-refractivity contribution in [3.63, 3.8) is 0 Å². The van der Waals surface area contributed by atoms with Gasteiger partial charge in [-0.1, -0.05) is 34.6 Å². The molecule has 2 aromatic heterocycles. The number of hydrogen-bond acceptors (Lipinski definition) is 8. The smallest absolute Gasteiger partial charge is 0.278 e. The summed E-state index contributed by atoms with van der Waals surface area (Å²) in [7, 11) is 3.08. The molecule has 1 N–H and O–H groups in total. The summed E-state index contributed by atoms with van der Waals surface area (Å²) in [6.07, 6.45) is 3.32. The van der Waals surface area contributed by atoms with Gasteiger partial charge in [0.1, 0.15) is 0 Å². The molecule has 174 valence electrons. The lowest BCUT2D eigenvalue weighted by molar-refractivity contribution is 0.102. The van der Waals surface area contributed by atoms with Crippen LogP contribution in [-0.4, -0.2) is 45.1 Å². The molecule has 0 fully saturated rings. The normalized spacial score (nSPS) is 10.7. The van der Waals surface area contributed by atoms with E-state index in [2.05, 4.69) is 25.6 Å². The maximum atomic E-state index is 13.2. The Hall–Kier alpha value is -3.63. The number of nitrogens with one attached hydrogen (secondary N) is 1. The van der Waals surface area contributed by atoms with E-state index in [0.29, 0.717) is 44.5 Å². The topological polar surface area (TPSA) is 104 Å². The van der Waals surface area contributed by atoms with Gasteiger partial charge >= 0.3 is 0 Å². The molecule has 1 amide bonds. The minimum Gasteiger partial charge on any atom is -0.493 e. The van der Waals surface area contributed by atoms with Crippen LogP contribution >= 0.6 is 23.4 Å². The molecule has 0 radical (unpaired) electrons. The zero-order chi connectivity index (χ0) is 24.1. The number of ether oxygens (including phenoxy) is 2. The first-order valence-electron chi connectivity index (χ1n) is 10.1. The summed E-state index contributed by atoms with van der Waals surface area (Å²) in [5.74, 6) is 0.996. The third kappa shape index (κ3) is 5.13. The molecule has 4 aromatic rings. The molecular weight excluding hydrogens is 476 g/mol. The third-order valence-corrected chi connectivity index (χ3v) is 6.19. The fourth-order valence-corrected chi connectivity index (χ4v) is 4.10. The molecule has 9 nitrogen and oxygen atoms in total. The number of amides is 1. The second-order valence-corrected chi connectivity index (χ2v) is 8.42. The van der Waals surface area contributed by atoms with Crippen molar-refractivity contribution in [2.45, 2.75) is 17.8 Å². The fraction of sp³-hybridized carbons (Fsp3) is 0.174. The van der Waals surface area contributed by atoms with Gasteiger partial charge in [-0.3, -0.25) is 4.79 Å². The standard InChI is InChI=1S/C23H21ClN6O3S/c1-14-5-7-16(12-17(14)24)30-18(13-34-23-25-9-4-10-26-23)21(28-29-30)22(31)27-15-6-8-19(32-2)20(11-15)33-3/h4-12H,13H2,1-3H3,(H,27,31). The van der Waals surface area contributed by atoms with Crippen molar-refractivity contribution in [1.82, 2.24) is 25.0 Å². The lowest BCUT2D eigenvalue weighted by Gasteiger charge is -2.11. The van der Waals surface area contributed by atoms with E-state index in [1.54, 1.807) is 54.5 Å². The Morgan fingerprint density at radius 2 is 1.85 bits per heavy atom. The van der Waals surface area contributed by atoms with Gasteiger partial charge in [0.2, 0.25) is 0 Å². The molecule has 2 aromatic carbocycles. The van der Waals surface area contributed by atoms with Crippen molar-refractivity contribution in [3.8, 4) is 17.2 Å². The van der Waals surface area contributed by atoms with Crippen molar-refractivity contribution in [1.29, 1.82) is 0 Å². The molecule has 0 unspecified atom stereocenters. The molecule has 0 saturated heterocycles. The van der Waals surface area contributed by atoms with Gasteiger partial charge in [-0.15, -0.1) is 5.10 Å². The second kappa shape index (κ2) is 10.5. The SMILES string of the molecule is COc1ccc(NC(=O)c2nnn(-c3ccc(C)c(Cl)c3)c2CSc2ncccn2)cc1OC. The molecule has 11 heteroatoms. The van der Waals surface area contributed by atoms with E-state index in [-0.39, 0.29) is 5.69 Å². The van der Waals surface area contributed by atoms with Crippen LogP contribution in [-0.2, 0) is 5.75 Å². The number of halogens is 1. The third-order valence-electron chi connectivity index (χ3n) is 4.90. The number of rotatable bonds is 8. The number of aromatic nitrogens is 5. The number of benzene rings is 2. The molecule has 2 heterocycles. The number of carbonyl (C=O) groups excluding carboxylic acids is 1. The van der Waals surface area contributed by atoms with Gasteiger partial charge in [-0.25, -0.2) is 14.6 Å². The van der Waals surface area contributed by atoms with Crippen LogP contribution in [0.5, 0.6) is 11.5 Å². The van der Waals surface area contributed by atoms with Crippen molar-refractivity contribution in [2.24, 2.45) is 0 Å². The zero-order valence-electron chi connectivity index (χ0n) is 18.7. The predicted molar refractivity (Wildman–Crippen MR) is 130 cm³/mol. The predicted octanol–water partition coefficient (Wildman–Crippen LogP) is 4.58. The first-order valence-corrected chi connectivity index (χ1v) is 11.5. The van der Waals surface area contributed by atoms with Crippen LogP contribution in [0.4, 0.5) is 5.69 Å². The molecule has 0 bridgehead atoms. The second-order valence-electron chi connectivity index (χ2n) is 7.07. The first-order chi connectivity index (χ1) is 16.5. The number of nitrogens with zero attached hydrogens (tertiary/aromatic N) is 5. The summed E-state index contributed by atoms with van der Waals surface area (Å²) >= 11 is 7.70. The summed E-state index contributed by atoms with van der Waals surface area (Å²) < 4.78 is 12.2. The number of hydrogen-bond donors (Lipinski definition) is 1. The Kier molecular flexibility index (Phi) is 7.29. The molecule has 4 rings (SSSR count). The Bertz CT molecular complexity index is 1320. The summed E-state index contributed by atoms with van der Waals surface area (Å²) in [4.78, 5) is 21.7. The van der Waals surface area contributed by atoms with Crippen LogP contribution in [0.15, 0.2) is 60.0 Å². The summed E-state index contributed by atoms with van der Waals surface area (Å²) in [6.45, 7) is 1.92. The van der Waals surface area contributed by atoms with E-state index in [0.717, 1.165) is 5.56 Å². The summed E-state index contributed by atoms with van der Waals surface area (Å²) in [6, 6.07) is 12.4. The van der Waals surface area contributed by atoms with E-state index in [9.17, 15) is 4.79 Å². The van der Waals surface area contributed by atoms with Crippen molar-refractivity contribution >= 4 is 35.0 Å². The van der Waals surface area contributed by atoms with Crippen LogP contribution in [0.25, 0.3) is 5.69 Å². The number of anilines is 1. The van der Waals surface area contributed by atoms with Crippen LogP contribution in [0.3, 0.4) is 0 Å². The number of aryl methyl sites for hydroxylation is 1. The van der Waals surface area contributed by atoms with E-state index < -0.39 is 5.91 Å². The Balaban J connectivity index is 1.67. The molecule has 0 saturated carbocycles. The molecule has 0 aliphatic rings. The van der Waals surface area contributed by atoms with Gasteiger partial charge in [-0.2, -0.15) is 0 Å². The molecule has 0 spiro atoms. The Morgan fingerprint density at radius 3 is 2.56 bits per heavy atom. The van der Waals surface area contributed by atoms with Crippen LogP contribution in [0, 0.1) is 6.92 Å². The quantitative estimate of drug-likeness (QED) is 0.279. The van der Waals surface area contributed by atoms with Crippen molar-refractivity contribution in [3.05, 3.63) is 76.8 Å². The largest absolute Gasteiger partial charge is 0.493 e. The van der Waals surface area contributed by atoms with Gasteiger partial charge < -0.3 is 14.8 Å². The number of thioether (sulfide) groups is 1. The van der Waals surface area contributed by atoms with Crippen molar-refractivity contribution < 1.29 is 14.3 Å².